The number of hydrogen-bond acceptors (Lipinski definition) is 4. The lowest BCUT2D eigenvalue weighted by atomic mass is 9.91. The van der Waals surface area contributed by atoms with Gasteiger partial charge in [0.05, 0.1) is 17.2 Å². The largest absolute Gasteiger partial charge is 0.435 e. The Balaban J connectivity index is 1.76. The van der Waals surface area contributed by atoms with Gasteiger partial charge in [0, 0.05) is 17.8 Å². The minimum Gasteiger partial charge on any atom is -0.435 e. The van der Waals surface area contributed by atoms with Crippen molar-refractivity contribution in [2.24, 2.45) is 5.10 Å². The molecular formula is C24H17F5N4O2. The maximum absolute atomic E-state index is 13.2. The molecule has 3 aromatic carbocycles. The second kappa shape index (κ2) is 11.1. The van der Waals surface area contributed by atoms with E-state index in [9.17, 15) is 26.7 Å². The number of carbonyl (C=O) groups is 1. The summed E-state index contributed by atoms with van der Waals surface area (Å²) in [6, 6.07) is 17.2. The first-order chi connectivity index (χ1) is 16.7. The van der Waals surface area contributed by atoms with Gasteiger partial charge < -0.3 is 10.1 Å². The Bertz CT molecular complexity index is 1220. The number of nitrogens with zero attached hydrogens (tertiary/aromatic N) is 2. The number of urea groups is 1. The lowest BCUT2D eigenvalue weighted by molar-refractivity contribution is -0.137. The molecule has 6 nitrogen and oxygen atoms in total. The van der Waals surface area contributed by atoms with Crippen LogP contribution in [0.5, 0.6) is 5.75 Å². The van der Waals surface area contributed by atoms with Gasteiger partial charge in [-0.1, -0.05) is 30.3 Å². The molecule has 0 fully saturated rings. The number of nitriles is 1. The molecule has 0 unspecified atom stereocenters. The molecule has 180 valence electrons. The Morgan fingerprint density at radius 1 is 1.00 bits per heavy atom. The molecule has 0 radical (unpaired) electrons. The summed E-state index contributed by atoms with van der Waals surface area (Å²) >= 11 is 0. The summed E-state index contributed by atoms with van der Waals surface area (Å²) in [5, 5.41) is 15.3. The molecule has 35 heavy (non-hydrogen) atoms. The Kier molecular flexibility index (Phi) is 7.99. The fourth-order valence-corrected chi connectivity index (χ4v) is 3.09. The highest BCUT2D eigenvalue weighted by atomic mass is 19.4. The topological polar surface area (TPSA) is 86.5 Å². The number of hydrazone groups is 1. The summed E-state index contributed by atoms with van der Waals surface area (Å²) in [6.45, 7) is -2.98. The molecule has 3 aromatic rings. The summed E-state index contributed by atoms with van der Waals surface area (Å²) < 4.78 is 68.3. The molecule has 3 rings (SSSR count). The van der Waals surface area contributed by atoms with E-state index < -0.39 is 30.3 Å². The monoisotopic (exact) mass is 488 g/mol. The van der Waals surface area contributed by atoms with Gasteiger partial charge >= 0.3 is 18.8 Å². The molecule has 11 heteroatoms. The van der Waals surface area contributed by atoms with Crippen molar-refractivity contribution in [3.05, 3.63) is 95.1 Å². The molecule has 0 aliphatic carbocycles. The highest BCUT2D eigenvalue weighted by Gasteiger charge is 2.31. The van der Waals surface area contributed by atoms with Crippen LogP contribution in [0.2, 0.25) is 0 Å². The maximum atomic E-state index is 13.2. The average Bonchev–Trinajstić information content (AvgIpc) is 2.82. The number of carbonyl (C=O) groups excluding carboxylic acids is 1. The summed E-state index contributed by atoms with van der Waals surface area (Å²) in [6.07, 6.45) is -3.29. The van der Waals surface area contributed by atoms with E-state index in [0.29, 0.717) is 11.1 Å². The number of nitrogens with one attached hydrogen (secondary N) is 2. The van der Waals surface area contributed by atoms with Crippen LogP contribution in [-0.4, -0.2) is 18.9 Å². The van der Waals surface area contributed by atoms with E-state index in [1.54, 1.807) is 12.1 Å². The molecule has 2 amide bonds. The summed E-state index contributed by atoms with van der Waals surface area (Å²) in [5.74, 6) is -0.855. The second-order valence-corrected chi connectivity index (χ2v) is 7.08. The fourth-order valence-electron chi connectivity index (χ4n) is 3.09. The van der Waals surface area contributed by atoms with Crippen LogP contribution in [0.25, 0.3) is 0 Å². The lowest BCUT2D eigenvalue weighted by Gasteiger charge is -2.16. The SMILES string of the molecule is N#Cc1ccc([C@H](C=NNC(=O)Nc2ccc(OC(F)F)cc2)c2cccc(C(F)(F)F)c2)cc1. The van der Waals surface area contributed by atoms with E-state index in [0.717, 1.165) is 12.1 Å². The standard InChI is InChI=1S/C24H17F5N4O2/c25-22(26)35-20-10-8-19(9-11-20)32-23(34)33-31-14-21(16-6-4-15(13-30)5-7-16)17-2-1-3-18(12-17)24(27,28)29/h1-12,14,21-22H,(H2,32,33,34)/t21-/m0/s1. The van der Waals surface area contributed by atoms with Crippen LogP contribution in [-0.2, 0) is 6.18 Å². The van der Waals surface area contributed by atoms with Crippen molar-refractivity contribution in [2.75, 3.05) is 5.32 Å². The van der Waals surface area contributed by atoms with Crippen molar-refractivity contribution >= 4 is 17.9 Å². The Labute approximate surface area is 196 Å². The third-order valence-corrected chi connectivity index (χ3v) is 4.70. The molecule has 0 bridgehead atoms. The summed E-state index contributed by atoms with van der Waals surface area (Å²) in [4.78, 5) is 12.1. The number of alkyl halides is 5. The van der Waals surface area contributed by atoms with Gasteiger partial charge in [0.2, 0.25) is 0 Å². The van der Waals surface area contributed by atoms with Gasteiger partial charge in [-0.2, -0.15) is 32.3 Å². The van der Waals surface area contributed by atoms with Crippen molar-refractivity contribution in [1.82, 2.24) is 5.43 Å². The predicted octanol–water partition coefficient (Wildman–Crippen LogP) is 6.12. The van der Waals surface area contributed by atoms with Crippen molar-refractivity contribution in [2.45, 2.75) is 18.7 Å². The summed E-state index contributed by atoms with van der Waals surface area (Å²) in [5.41, 5.74) is 2.82. The number of benzene rings is 3. The summed E-state index contributed by atoms with van der Waals surface area (Å²) in [7, 11) is 0. The second-order valence-electron chi connectivity index (χ2n) is 7.08. The third kappa shape index (κ3) is 7.26. The van der Waals surface area contributed by atoms with Crippen LogP contribution < -0.4 is 15.5 Å². The van der Waals surface area contributed by atoms with Gasteiger partial charge in [0.15, 0.2) is 0 Å². The molecule has 0 aromatic heterocycles. The first kappa shape index (κ1) is 25.2. The molecule has 2 N–H and O–H groups in total. The Hall–Kier alpha value is -4.46. The van der Waals surface area contributed by atoms with Crippen LogP contribution in [0.3, 0.4) is 0 Å². The van der Waals surface area contributed by atoms with Gasteiger partial charge in [0.25, 0.3) is 0 Å². The average molecular weight is 488 g/mol. The van der Waals surface area contributed by atoms with Crippen LogP contribution >= 0.6 is 0 Å². The number of rotatable bonds is 7. The lowest BCUT2D eigenvalue weighted by Crippen LogP contribution is -2.24. The molecule has 0 aliphatic heterocycles. The molecule has 0 saturated heterocycles. The number of amides is 2. The molecule has 0 saturated carbocycles. The number of anilines is 1. The Morgan fingerprint density at radius 3 is 2.29 bits per heavy atom. The van der Waals surface area contributed by atoms with Gasteiger partial charge in [-0.3, -0.25) is 0 Å². The van der Waals surface area contributed by atoms with Crippen LogP contribution in [0.4, 0.5) is 32.4 Å². The van der Waals surface area contributed by atoms with Gasteiger partial charge in [-0.25, -0.2) is 10.2 Å². The highest BCUT2D eigenvalue weighted by molar-refractivity contribution is 5.89. The third-order valence-electron chi connectivity index (χ3n) is 4.70. The van der Waals surface area contributed by atoms with Crippen LogP contribution in [0.1, 0.15) is 28.2 Å². The van der Waals surface area contributed by atoms with E-state index in [2.05, 4.69) is 20.6 Å². The van der Waals surface area contributed by atoms with Crippen LogP contribution in [0, 0.1) is 11.3 Å². The number of halogens is 5. The Morgan fingerprint density at radius 2 is 1.69 bits per heavy atom. The van der Waals surface area contributed by atoms with Gasteiger partial charge in [-0.15, -0.1) is 0 Å². The molecule has 1 atom stereocenters. The van der Waals surface area contributed by atoms with E-state index >= 15 is 0 Å². The maximum Gasteiger partial charge on any atom is 0.416 e. The minimum absolute atomic E-state index is 0.0877. The zero-order valence-electron chi connectivity index (χ0n) is 17.8. The fraction of sp³-hybridized carbons (Fsp3) is 0.125. The minimum atomic E-state index is -4.55. The first-order valence-corrected chi connectivity index (χ1v) is 9.98. The molecule has 0 spiro atoms. The zero-order valence-corrected chi connectivity index (χ0v) is 17.8. The first-order valence-electron chi connectivity index (χ1n) is 9.98. The van der Waals surface area contributed by atoms with E-state index in [1.807, 2.05) is 6.07 Å². The molecule has 0 aliphatic rings. The highest BCUT2D eigenvalue weighted by Crippen LogP contribution is 2.32. The van der Waals surface area contributed by atoms with Crippen molar-refractivity contribution < 1.29 is 31.5 Å². The number of hydrogen-bond donors (Lipinski definition) is 2. The van der Waals surface area contributed by atoms with Crippen LogP contribution in [0.15, 0.2) is 77.9 Å². The quantitative estimate of drug-likeness (QED) is 0.239. The predicted molar refractivity (Wildman–Crippen MR) is 118 cm³/mol. The smallest absolute Gasteiger partial charge is 0.416 e. The van der Waals surface area contributed by atoms with Crippen molar-refractivity contribution in [3.63, 3.8) is 0 Å². The van der Waals surface area contributed by atoms with Gasteiger partial charge in [0.1, 0.15) is 5.75 Å². The van der Waals surface area contributed by atoms with E-state index in [-0.39, 0.29) is 17.0 Å². The molecule has 0 heterocycles. The normalized spacial score (nSPS) is 12.3. The zero-order chi connectivity index (χ0) is 25.4. The number of ether oxygens (including phenoxy) is 1. The van der Waals surface area contributed by atoms with E-state index in [4.69, 9.17) is 5.26 Å². The van der Waals surface area contributed by atoms with Crippen molar-refractivity contribution in [3.8, 4) is 11.8 Å². The van der Waals surface area contributed by atoms with E-state index in [1.165, 1.54) is 54.7 Å². The van der Waals surface area contributed by atoms with Gasteiger partial charge in [-0.05, 0) is 53.6 Å². The molecular weight excluding hydrogens is 471 g/mol. The van der Waals surface area contributed by atoms with Crippen molar-refractivity contribution in [1.29, 1.82) is 5.26 Å².